The van der Waals surface area contributed by atoms with Crippen molar-refractivity contribution in [2.24, 2.45) is 0 Å². The van der Waals surface area contributed by atoms with E-state index in [1.807, 2.05) is 18.2 Å². The zero-order valence-electron chi connectivity index (χ0n) is 12.0. The van der Waals surface area contributed by atoms with Crippen LogP contribution in [-0.4, -0.2) is 25.0 Å². The average Bonchev–Trinajstić information content (AvgIpc) is 2.90. The lowest BCUT2D eigenvalue weighted by Crippen LogP contribution is -2.06. The van der Waals surface area contributed by atoms with Crippen molar-refractivity contribution in [3.8, 4) is 0 Å². The van der Waals surface area contributed by atoms with Gasteiger partial charge < -0.3 is 5.73 Å². The van der Waals surface area contributed by atoms with Crippen molar-refractivity contribution in [1.29, 1.82) is 0 Å². The largest absolute Gasteiger partial charge is 0.382 e. The lowest BCUT2D eigenvalue weighted by molar-refractivity contribution is 0.661. The Bertz CT molecular complexity index is 735. The minimum Gasteiger partial charge on any atom is -0.382 e. The molecule has 0 atom stereocenters. The van der Waals surface area contributed by atoms with E-state index in [2.05, 4.69) is 39.3 Å². The molecule has 0 saturated heterocycles. The van der Waals surface area contributed by atoms with Gasteiger partial charge in [0, 0.05) is 6.42 Å². The standard InChI is InChI=1S/C15H18N6/c1-2-3-9-12-17-14(16)13-15(18-12)21(20-19-13)10-11-7-5-4-6-8-11/h4-8H,2-3,9-10H2,1H3,(H2,16,17,18). The molecule has 0 spiro atoms. The molecule has 2 N–H and O–H groups in total. The van der Waals surface area contributed by atoms with Crippen LogP contribution in [0.15, 0.2) is 30.3 Å². The van der Waals surface area contributed by atoms with E-state index in [0.717, 1.165) is 30.7 Å². The fourth-order valence-corrected chi connectivity index (χ4v) is 2.23. The Kier molecular flexibility index (Phi) is 3.77. The number of nitrogens with two attached hydrogens (primary N) is 1. The Balaban J connectivity index is 1.97. The van der Waals surface area contributed by atoms with Crippen molar-refractivity contribution < 1.29 is 0 Å². The van der Waals surface area contributed by atoms with Gasteiger partial charge in [-0.2, -0.15) is 0 Å². The van der Waals surface area contributed by atoms with Gasteiger partial charge in [-0.05, 0) is 12.0 Å². The molecule has 0 aliphatic rings. The second-order valence-corrected chi connectivity index (χ2v) is 5.03. The number of unbranched alkanes of at least 4 members (excludes halogenated alkanes) is 1. The van der Waals surface area contributed by atoms with E-state index in [-0.39, 0.29) is 0 Å². The number of nitrogens with zero attached hydrogens (tertiary/aromatic N) is 5. The van der Waals surface area contributed by atoms with Crippen LogP contribution in [0.3, 0.4) is 0 Å². The first-order valence-electron chi connectivity index (χ1n) is 7.17. The highest BCUT2D eigenvalue weighted by molar-refractivity contribution is 5.80. The Labute approximate surface area is 123 Å². The van der Waals surface area contributed by atoms with Crippen LogP contribution in [0.1, 0.15) is 31.2 Å². The van der Waals surface area contributed by atoms with E-state index in [4.69, 9.17) is 5.73 Å². The third-order valence-electron chi connectivity index (χ3n) is 3.37. The van der Waals surface area contributed by atoms with Gasteiger partial charge in [0.05, 0.1) is 6.54 Å². The molecule has 3 rings (SSSR count). The Morgan fingerprint density at radius 1 is 1.14 bits per heavy atom. The number of fused-ring (bicyclic) bond motifs is 1. The maximum absolute atomic E-state index is 5.97. The van der Waals surface area contributed by atoms with E-state index >= 15 is 0 Å². The normalized spacial score (nSPS) is 11.1. The monoisotopic (exact) mass is 282 g/mol. The lowest BCUT2D eigenvalue weighted by Gasteiger charge is -2.04. The van der Waals surface area contributed by atoms with Crippen LogP contribution in [0, 0.1) is 0 Å². The minimum absolute atomic E-state index is 0.408. The van der Waals surface area contributed by atoms with Crippen molar-refractivity contribution in [3.63, 3.8) is 0 Å². The van der Waals surface area contributed by atoms with Gasteiger partial charge in [0.2, 0.25) is 0 Å². The first kappa shape index (κ1) is 13.5. The zero-order valence-corrected chi connectivity index (χ0v) is 12.0. The predicted octanol–water partition coefficient (Wildman–Crippen LogP) is 2.19. The molecule has 2 heterocycles. The summed E-state index contributed by atoms with van der Waals surface area (Å²) in [6, 6.07) is 10.1. The predicted molar refractivity (Wildman–Crippen MR) is 81.7 cm³/mol. The van der Waals surface area contributed by atoms with E-state index in [1.165, 1.54) is 0 Å². The molecule has 0 aliphatic heterocycles. The summed E-state index contributed by atoms with van der Waals surface area (Å²) in [5.41, 5.74) is 8.40. The van der Waals surface area contributed by atoms with Gasteiger partial charge in [0.1, 0.15) is 5.82 Å². The number of aromatic nitrogens is 5. The smallest absolute Gasteiger partial charge is 0.184 e. The zero-order chi connectivity index (χ0) is 14.7. The summed E-state index contributed by atoms with van der Waals surface area (Å²) in [5.74, 6) is 1.17. The molecule has 0 radical (unpaired) electrons. The SMILES string of the molecule is CCCCc1nc(N)c2nnn(Cc3ccccc3)c2n1. The summed E-state index contributed by atoms with van der Waals surface area (Å²) >= 11 is 0. The molecule has 3 aromatic rings. The molecule has 108 valence electrons. The van der Waals surface area contributed by atoms with Crippen LogP contribution in [-0.2, 0) is 13.0 Å². The summed E-state index contributed by atoms with van der Waals surface area (Å²) in [7, 11) is 0. The number of anilines is 1. The number of rotatable bonds is 5. The summed E-state index contributed by atoms with van der Waals surface area (Å²) in [4.78, 5) is 8.89. The van der Waals surface area contributed by atoms with Crippen LogP contribution >= 0.6 is 0 Å². The van der Waals surface area contributed by atoms with Crippen LogP contribution in [0.2, 0.25) is 0 Å². The van der Waals surface area contributed by atoms with Gasteiger partial charge in [0.15, 0.2) is 17.0 Å². The van der Waals surface area contributed by atoms with Gasteiger partial charge in [-0.3, -0.25) is 0 Å². The summed E-state index contributed by atoms with van der Waals surface area (Å²) < 4.78 is 1.78. The Morgan fingerprint density at radius 2 is 1.95 bits per heavy atom. The molecule has 0 unspecified atom stereocenters. The molecule has 1 aromatic carbocycles. The van der Waals surface area contributed by atoms with Crippen molar-refractivity contribution in [2.75, 3.05) is 5.73 Å². The topological polar surface area (TPSA) is 82.5 Å². The molecule has 6 nitrogen and oxygen atoms in total. The van der Waals surface area contributed by atoms with Crippen molar-refractivity contribution in [2.45, 2.75) is 32.7 Å². The molecule has 0 aliphatic carbocycles. The fraction of sp³-hybridized carbons (Fsp3) is 0.333. The highest BCUT2D eigenvalue weighted by Gasteiger charge is 2.12. The Morgan fingerprint density at radius 3 is 2.71 bits per heavy atom. The van der Waals surface area contributed by atoms with Crippen LogP contribution in [0.25, 0.3) is 11.2 Å². The first-order chi connectivity index (χ1) is 10.3. The molecule has 0 amide bonds. The number of nitrogen functional groups attached to an aromatic ring is 1. The highest BCUT2D eigenvalue weighted by atomic mass is 15.4. The molecule has 21 heavy (non-hydrogen) atoms. The third-order valence-corrected chi connectivity index (χ3v) is 3.37. The number of benzene rings is 1. The Hall–Kier alpha value is -2.50. The van der Waals surface area contributed by atoms with Crippen LogP contribution < -0.4 is 5.73 Å². The minimum atomic E-state index is 0.408. The first-order valence-corrected chi connectivity index (χ1v) is 7.17. The maximum atomic E-state index is 5.97. The number of aryl methyl sites for hydroxylation is 1. The highest BCUT2D eigenvalue weighted by Crippen LogP contribution is 2.16. The van der Waals surface area contributed by atoms with Crippen molar-refractivity contribution in [1.82, 2.24) is 25.0 Å². The second kappa shape index (κ2) is 5.87. The average molecular weight is 282 g/mol. The molecule has 0 saturated carbocycles. The third kappa shape index (κ3) is 2.84. The lowest BCUT2D eigenvalue weighted by atomic mass is 10.2. The molecule has 2 aromatic heterocycles. The quantitative estimate of drug-likeness (QED) is 0.775. The van der Waals surface area contributed by atoms with Crippen molar-refractivity contribution in [3.05, 3.63) is 41.7 Å². The van der Waals surface area contributed by atoms with Gasteiger partial charge in [-0.1, -0.05) is 48.9 Å². The van der Waals surface area contributed by atoms with E-state index in [1.54, 1.807) is 4.68 Å². The molecular formula is C15H18N6. The van der Waals surface area contributed by atoms with Crippen LogP contribution in [0.4, 0.5) is 5.82 Å². The molecule has 0 fully saturated rings. The summed E-state index contributed by atoms with van der Waals surface area (Å²) in [6.07, 6.45) is 2.97. The van der Waals surface area contributed by atoms with E-state index < -0.39 is 0 Å². The second-order valence-electron chi connectivity index (χ2n) is 5.03. The summed E-state index contributed by atoms with van der Waals surface area (Å²) in [5, 5.41) is 8.26. The summed E-state index contributed by atoms with van der Waals surface area (Å²) in [6.45, 7) is 2.77. The molecule has 0 bridgehead atoms. The maximum Gasteiger partial charge on any atom is 0.184 e. The fourth-order valence-electron chi connectivity index (χ4n) is 2.23. The van der Waals surface area contributed by atoms with Gasteiger partial charge >= 0.3 is 0 Å². The molecule has 6 heteroatoms. The number of hydrogen-bond donors (Lipinski definition) is 1. The van der Waals surface area contributed by atoms with Gasteiger partial charge in [0.25, 0.3) is 0 Å². The van der Waals surface area contributed by atoms with Gasteiger partial charge in [-0.15, -0.1) is 5.10 Å². The number of hydrogen-bond acceptors (Lipinski definition) is 5. The van der Waals surface area contributed by atoms with Crippen LogP contribution in [0.5, 0.6) is 0 Å². The molecular weight excluding hydrogens is 264 g/mol. The van der Waals surface area contributed by atoms with E-state index in [0.29, 0.717) is 23.5 Å². The van der Waals surface area contributed by atoms with Gasteiger partial charge in [-0.25, -0.2) is 14.6 Å². The van der Waals surface area contributed by atoms with Crippen molar-refractivity contribution >= 4 is 17.0 Å². The van der Waals surface area contributed by atoms with E-state index in [9.17, 15) is 0 Å².